The van der Waals surface area contributed by atoms with Crippen LogP contribution in [0.15, 0.2) is 103 Å². The highest BCUT2D eigenvalue weighted by Crippen LogP contribution is 2.32. The van der Waals surface area contributed by atoms with Gasteiger partial charge < -0.3 is 14.8 Å². The van der Waals surface area contributed by atoms with Gasteiger partial charge in [0.05, 0.1) is 25.7 Å². The second-order valence-corrected chi connectivity index (χ2v) is 8.93. The van der Waals surface area contributed by atoms with E-state index in [1.807, 2.05) is 72.8 Å². The van der Waals surface area contributed by atoms with Crippen molar-refractivity contribution in [1.82, 2.24) is 4.98 Å². The topological polar surface area (TPSA) is 60.5 Å². The molecule has 0 aliphatic rings. The van der Waals surface area contributed by atoms with Crippen molar-refractivity contribution in [3.8, 4) is 22.6 Å². The number of para-hydroxylation sites is 1. The molecule has 1 N–H and O–H groups in total. The number of hydrogen-bond acceptors (Lipinski definition) is 4. The van der Waals surface area contributed by atoms with E-state index in [0.29, 0.717) is 17.9 Å². The highest BCUT2D eigenvalue weighted by atomic mass is 19.1. The van der Waals surface area contributed by atoms with Gasteiger partial charge in [-0.2, -0.15) is 0 Å². The molecule has 0 aliphatic heterocycles. The molecule has 1 unspecified atom stereocenters. The Morgan fingerprint density at radius 1 is 0.895 bits per heavy atom. The number of fused-ring (bicyclic) bond motifs is 1. The number of nitrogens with one attached hydrogen (secondary N) is 1. The first kappa shape index (κ1) is 25.0. The van der Waals surface area contributed by atoms with Gasteiger partial charge in [0.1, 0.15) is 17.3 Å². The Morgan fingerprint density at radius 3 is 2.50 bits per heavy atom. The SMILES string of the molecule is COc1cccc(NC(=O)C(Cc2ccccc2OC)c2ccc(-c3ccnc4ccc(F)cc34)cc2)c1. The summed E-state index contributed by atoms with van der Waals surface area (Å²) in [7, 11) is 3.22. The normalized spacial score (nSPS) is 11.7. The molecule has 190 valence electrons. The molecule has 0 bridgehead atoms. The maximum absolute atomic E-state index is 14.0. The molecule has 5 nitrogen and oxygen atoms in total. The first-order valence-corrected chi connectivity index (χ1v) is 12.3. The summed E-state index contributed by atoms with van der Waals surface area (Å²) in [4.78, 5) is 18.0. The van der Waals surface area contributed by atoms with Crippen LogP contribution in [0.5, 0.6) is 11.5 Å². The number of amides is 1. The van der Waals surface area contributed by atoms with Gasteiger partial charge in [-0.15, -0.1) is 0 Å². The quantitative estimate of drug-likeness (QED) is 0.246. The van der Waals surface area contributed by atoms with Crippen molar-refractivity contribution in [1.29, 1.82) is 0 Å². The zero-order valence-corrected chi connectivity index (χ0v) is 21.1. The maximum atomic E-state index is 14.0. The third kappa shape index (κ3) is 5.34. The van der Waals surface area contributed by atoms with Gasteiger partial charge in [-0.3, -0.25) is 9.78 Å². The van der Waals surface area contributed by atoms with Gasteiger partial charge in [0.25, 0.3) is 0 Å². The molecule has 1 heterocycles. The fraction of sp³-hybridized carbons (Fsp3) is 0.125. The number of benzene rings is 4. The van der Waals surface area contributed by atoms with Gasteiger partial charge in [-0.25, -0.2) is 4.39 Å². The van der Waals surface area contributed by atoms with Crippen LogP contribution in [0.2, 0.25) is 0 Å². The fourth-order valence-electron chi connectivity index (χ4n) is 4.65. The molecule has 38 heavy (non-hydrogen) atoms. The zero-order valence-electron chi connectivity index (χ0n) is 21.1. The molecule has 6 heteroatoms. The van der Waals surface area contributed by atoms with Crippen LogP contribution >= 0.6 is 0 Å². The second-order valence-electron chi connectivity index (χ2n) is 8.93. The van der Waals surface area contributed by atoms with E-state index < -0.39 is 5.92 Å². The molecule has 0 spiro atoms. The summed E-state index contributed by atoms with van der Waals surface area (Å²) in [6.07, 6.45) is 2.16. The lowest BCUT2D eigenvalue weighted by Crippen LogP contribution is -2.23. The number of carbonyl (C=O) groups excluding carboxylic acids is 1. The van der Waals surface area contributed by atoms with Crippen molar-refractivity contribution in [2.75, 3.05) is 19.5 Å². The van der Waals surface area contributed by atoms with Crippen LogP contribution < -0.4 is 14.8 Å². The number of carbonyl (C=O) groups is 1. The van der Waals surface area contributed by atoms with Crippen LogP contribution in [-0.2, 0) is 11.2 Å². The van der Waals surface area contributed by atoms with Crippen molar-refractivity contribution in [2.45, 2.75) is 12.3 Å². The molecular weight excluding hydrogens is 479 g/mol. The maximum Gasteiger partial charge on any atom is 0.232 e. The summed E-state index contributed by atoms with van der Waals surface area (Å²) >= 11 is 0. The predicted molar refractivity (Wildman–Crippen MR) is 148 cm³/mol. The van der Waals surface area contributed by atoms with Crippen LogP contribution in [0.25, 0.3) is 22.0 Å². The Hall–Kier alpha value is -4.71. The molecular formula is C32H27FN2O3. The molecule has 0 saturated heterocycles. The van der Waals surface area contributed by atoms with Crippen molar-refractivity contribution in [2.24, 2.45) is 0 Å². The number of halogens is 1. The molecule has 0 saturated carbocycles. The number of hydrogen-bond donors (Lipinski definition) is 1. The van der Waals surface area contributed by atoms with Crippen LogP contribution in [0.4, 0.5) is 10.1 Å². The number of rotatable bonds is 8. The number of methoxy groups -OCH3 is 2. The first-order valence-electron chi connectivity index (χ1n) is 12.3. The van der Waals surface area contributed by atoms with Gasteiger partial charge in [0.15, 0.2) is 0 Å². The molecule has 4 aromatic carbocycles. The van der Waals surface area contributed by atoms with Crippen LogP contribution in [0.1, 0.15) is 17.0 Å². The number of anilines is 1. The number of nitrogens with zero attached hydrogens (tertiary/aromatic N) is 1. The van der Waals surface area contributed by atoms with Crippen molar-refractivity contribution in [3.63, 3.8) is 0 Å². The lowest BCUT2D eigenvalue weighted by atomic mass is 9.89. The largest absolute Gasteiger partial charge is 0.497 e. The smallest absolute Gasteiger partial charge is 0.232 e. The molecule has 5 aromatic rings. The van der Waals surface area contributed by atoms with Gasteiger partial charge in [0.2, 0.25) is 5.91 Å². The van der Waals surface area contributed by atoms with Gasteiger partial charge in [0, 0.05) is 23.3 Å². The average Bonchev–Trinajstić information content (AvgIpc) is 2.96. The minimum atomic E-state index is -0.488. The van der Waals surface area contributed by atoms with E-state index in [-0.39, 0.29) is 11.7 Å². The number of ether oxygens (including phenoxy) is 2. The summed E-state index contributed by atoms with van der Waals surface area (Å²) in [6, 6.07) is 29.3. The summed E-state index contributed by atoms with van der Waals surface area (Å²) in [5, 5.41) is 3.78. The summed E-state index contributed by atoms with van der Waals surface area (Å²) in [5.41, 5.74) is 4.95. The predicted octanol–water partition coefficient (Wildman–Crippen LogP) is 7.02. The average molecular weight is 507 g/mol. The lowest BCUT2D eigenvalue weighted by molar-refractivity contribution is -0.117. The molecule has 0 aliphatic carbocycles. The highest BCUT2D eigenvalue weighted by molar-refractivity contribution is 5.97. The second kappa shape index (κ2) is 11.1. The van der Waals surface area contributed by atoms with E-state index in [9.17, 15) is 9.18 Å². The third-order valence-corrected chi connectivity index (χ3v) is 6.60. The van der Waals surface area contributed by atoms with Crippen LogP contribution in [-0.4, -0.2) is 25.1 Å². The van der Waals surface area contributed by atoms with Crippen LogP contribution in [0.3, 0.4) is 0 Å². The fourth-order valence-corrected chi connectivity index (χ4v) is 4.65. The monoisotopic (exact) mass is 506 g/mol. The lowest BCUT2D eigenvalue weighted by Gasteiger charge is -2.20. The first-order chi connectivity index (χ1) is 18.6. The Kier molecular flexibility index (Phi) is 7.31. The molecule has 0 fully saturated rings. The molecule has 0 radical (unpaired) electrons. The Labute approximate surface area is 220 Å². The van der Waals surface area contributed by atoms with E-state index in [1.54, 1.807) is 32.5 Å². The van der Waals surface area contributed by atoms with Crippen LogP contribution in [0, 0.1) is 5.82 Å². The van der Waals surface area contributed by atoms with Crippen molar-refractivity contribution in [3.05, 3.63) is 120 Å². The van der Waals surface area contributed by atoms with E-state index in [4.69, 9.17) is 9.47 Å². The molecule has 1 amide bonds. The highest BCUT2D eigenvalue weighted by Gasteiger charge is 2.23. The van der Waals surface area contributed by atoms with Gasteiger partial charge >= 0.3 is 0 Å². The zero-order chi connectivity index (χ0) is 26.5. The Bertz CT molecular complexity index is 1580. The number of pyridine rings is 1. The van der Waals surface area contributed by atoms with E-state index in [1.165, 1.54) is 12.1 Å². The molecule has 5 rings (SSSR count). The Balaban J connectivity index is 1.50. The third-order valence-electron chi connectivity index (χ3n) is 6.60. The number of aromatic nitrogens is 1. The molecule has 1 aromatic heterocycles. The van der Waals surface area contributed by atoms with Crippen molar-refractivity contribution < 1.29 is 18.7 Å². The minimum Gasteiger partial charge on any atom is -0.497 e. The Morgan fingerprint density at radius 2 is 1.71 bits per heavy atom. The van der Waals surface area contributed by atoms with Gasteiger partial charge in [-0.05, 0) is 71.1 Å². The van der Waals surface area contributed by atoms with Gasteiger partial charge in [-0.1, -0.05) is 48.5 Å². The van der Waals surface area contributed by atoms with E-state index in [2.05, 4.69) is 10.3 Å². The summed E-state index contributed by atoms with van der Waals surface area (Å²) in [5.74, 6) is 0.448. The molecule has 1 atom stereocenters. The standard InChI is InChI=1S/C32H27FN2O3/c1-37-26-8-5-7-25(20-26)35-32(36)28(18-23-6-3-4-9-31(23)38-2)22-12-10-21(11-13-22)27-16-17-34-30-15-14-24(33)19-29(27)30/h3-17,19-20,28H,18H2,1-2H3,(H,35,36). The summed E-state index contributed by atoms with van der Waals surface area (Å²) < 4.78 is 24.9. The summed E-state index contributed by atoms with van der Waals surface area (Å²) in [6.45, 7) is 0. The van der Waals surface area contributed by atoms with E-state index >= 15 is 0 Å². The minimum absolute atomic E-state index is 0.145. The van der Waals surface area contributed by atoms with E-state index in [0.717, 1.165) is 38.9 Å². The van der Waals surface area contributed by atoms with Crippen molar-refractivity contribution >= 4 is 22.5 Å².